The van der Waals surface area contributed by atoms with Gasteiger partial charge in [0.25, 0.3) is 0 Å². The minimum Gasteiger partial charge on any atom is -0.311 e. The van der Waals surface area contributed by atoms with E-state index in [1.807, 2.05) is 25.3 Å². The number of aromatic nitrogens is 2. The summed E-state index contributed by atoms with van der Waals surface area (Å²) >= 11 is 5.94. The van der Waals surface area contributed by atoms with Crippen LogP contribution < -0.4 is 5.32 Å². The quantitative estimate of drug-likeness (QED) is 0.619. The van der Waals surface area contributed by atoms with Crippen LogP contribution in [0.5, 0.6) is 0 Å². The highest BCUT2D eigenvalue weighted by molar-refractivity contribution is 6.30. The van der Waals surface area contributed by atoms with E-state index in [1.165, 1.54) is 17.7 Å². The number of aryl methyl sites for hydroxylation is 1. The summed E-state index contributed by atoms with van der Waals surface area (Å²) in [4.78, 5) is 11.3. The maximum Gasteiger partial charge on any atom is 0.0592 e. The first-order valence-corrected chi connectivity index (χ1v) is 9.79. The highest BCUT2D eigenvalue weighted by atomic mass is 35.5. The molecule has 26 heavy (non-hydrogen) atoms. The monoisotopic (exact) mass is 374 g/mol. The van der Waals surface area contributed by atoms with Crippen molar-refractivity contribution in [3.05, 3.63) is 58.1 Å². The number of unbranched alkanes of at least 4 members (excludes halogenated alkanes) is 1. The summed E-state index contributed by atoms with van der Waals surface area (Å²) in [5.41, 5.74) is 4.77. The lowest BCUT2D eigenvalue weighted by molar-refractivity contribution is 0.312. The summed E-state index contributed by atoms with van der Waals surface area (Å²) in [6.07, 6.45) is 5.92. The Hall–Kier alpha value is -1.49. The zero-order valence-corrected chi connectivity index (χ0v) is 17.2. The molecule has 2 rings (SSSR count). The molecule has 0 amide bonds. The molecule has 0 fully saturated rings. The van der Waals surface area contributed by atoms with Gasteiger partial charge in [0.2, 0.25) is 0 Å². The molecule has 0 aliphatic carbocycles. The number of hydrogen-bond acceptors (Lipinski definition) is 4. The van der Waals surface area contributed by atoms with Crippen LogP contribution in [0.15, 0.2) is 30.6 Å². The fraction of sp³-hybridized carbons (Fsp3) is 0.524. The van der Waals surface area contributed by atoms with Gasteiger partial charge in [-0.1, -0.05) is 31.5 Å². The van der Waals surface area contributed by atoms with E-state index in [-0.39, 0.29) is 0 Å². The molecule has 1 N–H and O–H groups in total. The second kappa shape index (κ2) is 10.6. The number of nitrogens with one attached hydrogen (secondary N) is 1. The molecule has 0 radical (unpaired) electrons. The summed E-state index contributed by atoms with van der Waals surface area (Å²) < 4.78 is 0. The normalized spacial score (nSPS) is 11.5. The molecule has 0 bridgehead atoms. The third-order valence-corrected chi connectivity index (χ3v) is 4.76. The Labute approximate surface area is 163 Å². The summed E-state index contributed by atoms with van der Waals surface area (Å²) in [6, 6.07) is 6.18. The highest BCUT2D eigenvalue weighted by Gasteiger charge is 2.09. The maximum atomic E-state index is 5.94. The largest absolute Gasteiger partial charge is 0.311 e. The Kier molecular flexibility index (Phi) is 8.49. The molecular formula is C21H31ClN4. The summed E-state index contributed by atoms with van der Waals surface area (Å²) in [5.74, 6) is 0.515. The highest BCUT2D eigenvalue weighted by Crippen LogP contribution is 2.18. The number of pyridine rings is 2. The van der Waals surface area contributed by atoms with Crippen LogP contribution in [0.1, 0.15) is 55.1 Å². The van der Waals surface area contributed by atoms with E-state index in [2.05, 4.69) is 47.1 Å². The van der Waals surface area contributed by atoms with Gasteiger partial charge in [0.1, 0.15) is 0 Å². The van der Waals surface area contributed by atoms with Gasteiger partial charge in [-0.3, -0.25) is 9.97 Å². The van der Waals surface area contributed by atoms with E-state index in [1.54, 1.807) is 6.20 Å². The third kappa shape index (κ3) is 6.67. The van der Waals surface area contributed by atoms with Crippen LogP contribution in [0.3, 0.4) is 0 Å². The Morgan fingerprint density at radius 2 is 2.00 bits per heavy atom. The first-order chi connectivity index (χ1) is 12.5. The lowest BCUT2D eigenvalue weighted by Gasteiger charge is -2.19. The van der Waals surface area contributed by atoms with Crippen LogP contribution >= 0.6 is 11.6 Å². The fourth-order valence-corrected chi connectivity index (χ4v) is 3.25. The van der Waals surface area contributed by atoms with Crippen molar-refractivity contribution in [3.63, 3.8) is 0 Å². The van der Waals surface area contributed by atoms with Crippen LogP contribution in [0.4, 0.5) is 0 Å². The number of nitrogens with zero attached hydrogens (tertiary/aromatic N) is 3. The van der Waals surface area contributed by atoms with E-state index in [0.29, 0.717) is 10.9 Å². The van der Waals surface area contributed by atoms with Crippen molar-refractivity contribution in [1.29, 1.82) is 0 Å². The van der Waals surface area contributed by atoms with Crippen molar-refractivity contribution in [3.8, 4) is 0 Å². The predicted molar refractivity (Wildman–Crippen MR) is 110 cm³/mol. The number of rotatable bonds is 10. The maximum absolute atomic E-state index is 5.94. The lowest BCUT2D eigenvalue weighted by atomic mass is 10.0. The molecule has 2 heterocycles. The van der Waals surface area contributed by atoms with Gasteiger partial charge in [-0.2, -0.15) is 0 Å². The van der Waals surface area contributed by atoms with E-state index in [9.17, 15) is 0 Å². The van der Waals surface area contributed by atoms with E-state index < -0.39 is 0 Å². The molecule has 5 heteroatoms. The molecule has 0 aliphatic rings. The van der Waals surface area contributed by atoms with Crippen molar-refractivity contribution in [2.45, 2.75) is 52.6 Å². The van der Waals surface area contributed by atoms with Crippen molar-refractivity contribution in [2.24, 2.45) is 0 Å². The molecule has 2 aromatic rings. The summed E-state index contributed by atoms with van der Waals surface area (Å²) in [6.45, 7) is 10.3. The average Bonchev–Trinajstić information content (AvgIpc) is 2.59. The Morgan fingerprint density at radius 3 is 2.73 bits per heavy atom. The van der Waals surface area contributed by atoms with Crippen molar-refractivity contribution in [2.75, 3.05) is 20.1 Å². The standard InChI is InChI=1S/C21H31ClN4/c1-16(2)19-8-7-10-24-21(19)15-26(4)11-6-5-9-23-14-20-17(3)12-18(22)13-25-20/h7-8,10,12-13,16,23H,5-6,9,11,14-15H2,1-4H3. The first kappa shape index (κ1) is 20.8. The Bertz CT molecular complexity index is 687. The van der Waals surface area contributed by atoms with Crippen LogP contribution in [0.2, 0.25) is 5.02 Å². The number of halogens is 1. The van der Waals surface area contributed by atoms with Crippen molar-refractivity contribution >= 4 is 11.6 Å². The molecule has 4 nitrogen and oxygen atoms in total. The first-order valence-electron chi connectivity index (χ1n) is 9.41. The zero-order chi connectivity index (χ0) is 18.9. The third-order valence-electron chi connectivity index (χ3n) is 4.56. The Balaban J connectivity index is 1.65. The molecule has 0 saturated heterocycles. The van der Waals surface area contributed by atoms with Gasteiger partial charge < -0.3 is 10.2 Å². The summed E-state index contributed by atoms with van der Waals surface area (Å²) in [5, 5.41) is 4.17. The molecule has 0 unspecified atom stereocenters. The average molecular weight is 375 g/mol. The second-order valence-electron chi connectivity index (χ2n) is 7.23. The molecule has 0 saturated carbocycles. The van der Waals surface area contributed by atoms with Gasteiger partial charge in [-0.15, -0.1) is 0 Å². The van der Waals surface area contributed by atoms with E-state index in [4.69, 9.17) is 11.6 Å². The van der Waals surface area contributed by atoms with Gasteiger partial charge in [0, 0.05) is 25.5 Å². The Morgan fingerprint density at radius 1 is 1.19 bits per heavy atom. The van der Waals surface area contributed by atoms with Crippen LogP contribution in [-0.4, -0.2) is 35.0 Å². The molecule has 0 aromatic carbocycles. The van der Waals surface area contributed by atoms with Crippen molar-refractivity contribution in [1.82, 2.24) is 20.2 Å². The predicted octanol–water partition coefficient (Wildman–Crippen LogP) is 4.56. The fourth-order valence-electron chi connectivity index (χ4n) is 3.04. The van der Waals surface area contributed by atoms with Gasteiger partial charge >= 0.3 is 0 Å². The van der Waals surface area contributed by atoms with Gasteiger partial charge in [-0.05, 0) is 69.1 Å². The SMILES string of the molecule is Cc1cc(Cl)cnc1CNCCCCN(C)Cc1ncccc1C(C)C. The zero-order valence-electron chi connectivity index (χ0n) is 16.4. The minimum atomic E-state index is 0.515. The van der Waals surface area contributed by atoms with Gasteiger partial charge in [-0.25, -0.2) is 0 Å². The summed E-state index contributed by atoms with van der Waals surface area (Å²) in [7, 11) is 2.17. The van der Waals surface area contributed by atoms with E-state index >= 15 is 0 Å². The smallest absolute Gasteiger partial charge is 0.0592 e. The molecule has 142 valence electrons. The molecular weight excluding hydrogens is 344 g/mol. The molecule has 0 atom stereocenters. The molecule has 2 aromatic heterocycles. The molecule has 0 aliphatic heterocycles. The van der Waals surface area contributed by atoms with Crippen LogP contribution in [0.25, 0.3) is 0 Å². The number of hydrogen-bond donors (Lipinski definition) is 1. The van der Waals surface area contributed by atoms with Gasteiger partial charge in [0.15, 0.2) is 0 Å². The van der Waals surface area contributed by atoms with Gasteiger partial charge in [0.05, 0.1) is 16.4 Å². The van der Waals surface area contributed by atoms with Crippen molar-refractivity contribution < 1.29 is 0 Å². The minimum absolute atomic E-state index is 0.515. The lowest BCUT2D eigenvalue weighted by Crippen LogP contribution is -2.22. The second-order valence-corrected chi connectivity index (χ2v) is 7.67. The van der Waals surface area contributed by atoms with Crippen LogP contribution in [-0.2, 0) is 13.1 Å². The van der Waals surface area contributed by atoms with E-state index in [0.717, 1.165) is 43.9 Å². The topological polar surface area (TPSA) is 41.1 Å². The molecule has 0 spiro atoms. The van der Waals surface area contributed by atoms with Crippen LogP contribution in [0, 0.1) is 6.92 Å².